The molecule has 0 bridgehead atoms. The molecule has 0 aromatic heterocycles. The summed E-state index contributed by atoms with van der Waals surface area (Å²) in [6.45, 7) is 0. The van der Waals surface area contributed by atoms with Crippen molar-refractivity contribution in [1.82, 2.24) is 0 Å². The summed E-state index contributed by atoms with van der Waals surface area (Å²) >= 11 is 0. The number of benzene rings is 2. The molecule has 0 fully saturated rings. The van der Waals surface area contributed by atoms with Crippen molar-refractivity contribution in [1.29, 1.82) is 0 Å². The van der Waals surface area contributed by atoms with Gasteiger partial charge in [0.25, 0.3) is 5.69 Å². The Hall–Kier alpha value is -2.40. The van der Waals surface area contributed by atoms with E-state index in [-0.39, 0.29) is 11.7 Å². The molecule has 19 heavy (non-hydrogen) atoms. The SMILES string of the molecule is COc1ccc(C(N)c2ccc([N+](=O)[O-])cc2)cc1. The first-order chi connectivity index (χ1) is 9.11. The highest BCUT2D eigenvalue weighted by Crippen LogP contribution is 2.23. The van der Waals surface area contributed by atoms with Gasteiger partial charge in [0.1, 0.15) is 5.75 Å². The molecule has 98 valence electrons. The van der Waals surface area contributed by atoms with Gasteiger partial charge in [-0.15, -0.1) is 0 Å². The van der Waals surface area contributed by atoms with Crippen LogP contribution in [0.25, 0.3) is 0 Å². The first-order valence-electron chi connectivity index (χ1n) is 5.75. The Labute approximate surface area is 110 Å². The number of methoxy groups -OCH3 is 1. The molecule has 1 unspecified atom stereocenters. The lowest BCUT2D eigenvalue weighted by Gasteiger charge is -2.12. The number of hydrogen-bond acceptors (Lipinski definition) is 4. The van der Waals surface area contributed by atoms with Crippen LogP contribution in [0.5, 0.6) is 5.75 Å². The largest absolute Gasteiger partial charge is 0.497 e. The van der Waals surface area contributed by atoms with Crippen molar-refractivity contribution in [3.63, 3.8) is 0 Å². The molecule has 5 nitrogen and oxygen atoms in total. The van der Waals surface area contributed by atoms with Crippen molar-refractivity contribution in [3.8, 4) is 5.75 Å². The van der Waals surface area contributed by atoms with Gasteiger partial charge in [-0.2, -0.15) is 0 Å². The van der Waals surface area contributed by atoms with Crippen LogP contribution in [0.2, 0.25) is 0 Å². The molecular weight excluding hydrogens is 244 g/mol. The molecule has 2 N–H and O–H groups in total. The van der Waals surface area contributed by atoms with Crippen LogP contribution >= 0.6 is 0 Å². The van der Waals surface area contributed by atoms with Crippen molar-refractivity contribution < 1.29 is 9.66 Å². The number of nitro benzene ring substituents is 1. The van der Waals surface area contributed by atoms with E-state index in [1.165, 1.54) is 12.1 Å². The normalized spacial score (nSPS) is 11.9. The van der Waals surface area contributed by atoms with E-state index >= 15 is 0 Å². The van der Waals surface area contributed by atoms with Crippen LogP contribution in [0.4, 0.5) is 5.69 Å². The van der Waals surface area contributed by atoms with E-state index in [1.807, 2.05) is 24.3 Å². The van der Waals surface area contributed by atoms with Gasteiger partial charge in [0.2, 0.25) is 0 Å². The molecule has 2 aromatic carbocycles. The zero-order chi connectivity index (χ0) is 13.8. The second-order valence-electron chi connectivity index (χ2n) is 4.10. The van der Waals surface area contributed by atoms with Crippen molar-refractivity contribution in [2.75, 3.05) is 7.11 Å². The van der Waals surface area contributed by atoms with E-state index in [1.54, 1.807) is 19.2 Å². The Balaban J connectivity index is 2.22. The van der Waals surface area contributed by atoms with E-state index < -0.39 is 4.92 Å². The number of nitro groups is 1. The molecule has 0 heterocycles. The molecule has 5 heteroatoms. The van der Waals surface area contributed by atoms with Crippen LogP contribution in [0.1, 0.15) is 17.2 Å². The minimum absolute atomic E-state index is 0.0608. The summed E-state index contributed by atoms with van der Waals surface area (Å²) in [4.78, 5) is 10.2. The lowest BCUT2D eigenvalue weighted by Crippen LogP contribution is -2.11. The van der Waals surface area contributed by atoms with Crippen LogP contribution in [0, 0.1) is 10.1 Å². The van der Waals surface area contributed by atoms with Crippen molar-refractivity contribution in [2.24, 2.45) is 5.73 Å². The van der Waals surface area contributed by atoms with E-state index in [4.69, 9.17) is 10.5 Å². The third kappa shape index (κ3) is 2.89. The zero-order valence-electron chi connectivity index (χ0n) is 10.4. The molecule has 2 aromatic rings. The molecule has 0 aliphatic carbocycles. The van der Waals surface area contributed by atoms with E-state index in [9.17, 15) is 10.1 Å². The molecule has 0 aliphatic heterocycles. The van der Waals surface area contributed by atoms with Gasteiger partial charge in [-0.1, -0.05) is 24.3 Å². The quantitative estimate of drug-likeness (QED) is 0.675. The van der Waals surface area contributed by atoms with E-state index in [0.29, 0.717) is 0 Å². The van der Waals surface area contributed by atoms with Crippen molar-refractivity contribution >= 4 is 5.69 Å². The van der Waals surface area contributed by atoms with Gasteiger partial charge < -0.3 is 10.5 Å². The predicted octanol–water partition coefficient (Wildman–Crippen LogP) is 2.65. The van der Waals surface area contributed by atoms with Crippen LogP contribution in [-0.4, -0.2) is 12.0 Å². The van der Waals surface area contributed by atoms with Crippen molar-refractivity contribution in [2.45, 2.75) is 6.04 Å². The first kappa shape index (κ1) is 13.0. The number of hydrogen-bond donors (Lipinski definition) is 1. The Bertz CT molecular complexity index is 564. The lowest BCUT2D eigenvalue weighted by molar-refractivity contribution is -0.384. The maximum Gasteiger partial charge on any atom is 0.269 e. The Morgan fingerprint density at radius 3 is 1.95 bits per heavy atom. The summed E-state index contributed by atoms with van der Waals surface area (Å²) in [6.07, 6.45) is 0. The van der Waals surface area contributed by atoms with Crippen LogP contribution in [0.3, 0.4) is 0 Å². The van der Waals surface area contributed by atoms with E-state index in [2.05, 4.69) is 0 Å². The smallest absolute Gasteiger partial charge is 0.269 e. The van der Waals surface area contributed by atoms with Crippen LogP contribution < -0.4 is 10.5 Å². The number of nitrogens with two attached hydrogens (primary N) is 1. The Morgan fingerprint density at radius 2 is 1.53 bits per heavy atom. The zero-order valence-corrected chi connectivity index (χ0v) is 10.4. The minimum Gasteiger partial charge on any atom is -0.497 e. The van der Waals surface area contributed by atoms with Gasteiger partial charge in [0.15, 0.2) is 0 Å². The van der Waals surface area contributed by atoms with Gasteiger partial charge in [0.05, 0.1) is 18.1 Å². The molecule has 2 rings (SSSR count). The summed E-state index contributed by atoms with van der Waals surface area (Å²) in [7, 11) is 1.60. The van der Waals surface area contributed by atoms with Crippen molar-refractivity contribution in [3.05, 3.63) is 69.8 Å². The van der Waals surface area contributed by atoms with Gasteiger partial charge in [-0.05, 0) is 23.3 Å². The Kier molecular flexibility index (Phi) is 3.77. The number of non-ortho nitro benzene ring substituents is 1. The van der Waals surface area contributed by atoms with Gasteiger partial charge in [-0.25, -0.2) is 0 Å². The number of ether oxygens (including phenoxy) is 1. The van der Waals surface area contributed by atoms with Crippen LogP contribution in [0.15, 0.2) is 48.5 Å². The standard InChI is InChI=1S/C14H14N2O3/c1-19-13-8-4-11(5-9-13)14(15)10-2-6-12(7-3-10)16(17)18/h2-9,14H,15H2,1H3. The predicted molar refractivity (Wildman–Crippen MR) is 72.1 cm³/mol. The highest BCUT2D eigenvalue weighted by molar-refractivity contribution is 5.39. The monoisotopic (exact) mass is 258 g/mol. The molecule has 0 aliphatic rings. The Morgan fingerprint density at radius 1 is 1.05 bits per heavy atom. The average molecular weight is 258 g/mol. The second-order valence-corrected chi connectivity index (χ2v) is 4.10. The molecule has 0 saturated heterocycles. The molecular formula is C14H14N2O3. The minimum atomic E-state index is -0.428. The summed E-state index contributed by atoms with van der Waals surface area (Å²) < 4.78 is 5.08. The topological polar surface area (TPSA) is 78.4 Å². The van der Waals surface area contributed by atoms with E-state index in [0.717, 1.165) is 16.9 Å². The highest BCUT2D eigenvalue weighted by Gasteiger charge is 2.11. The maximum absolute atomic E-state index is 10.6. The second kappa shape index (κ2) is 5.49. The fraction of sp³-hybridized carbons (Fsp3) is 0.143. The first-order valence-corrected chi connectivity index (χ1v) is 5.75. The molecule has 0 saturated carbocycles. The third-order valence-electron chi connectivity index (χ3n) is 2.94. The van der Waals surface area contributed by atoms with Gasteiger partial charge in [0, 0.05) is 12.1 Å². The summed E-state index contributed by atoms with van der Waals surface area (Å²) in [6, 6.07) is 13.4. The van der Waals surface area contributed by atoms with Gasteiger partial charge >= 0.3 is 0 Å². The number of rotatable bonds is 4. The molecule has 0 radical (unpaired) electrons. The highest BCUT2D eigenvalue weighted by atomic mass is 16.6. The summed E-state index contributed by atoms with van der Waals surface area (Å²) in [5.41, 5.74) is 7.94. The summed E-state index contributed by atoms with van der Waals surface area (Å²) in [5, 5.41) is 10.6. The lowest BCUT2D eigenvalue weighted by atomic mass is 9.99. The molecule has 1 atom stereocenters. The van der Waals surface area contributed by atoms with Gasteiger partial charge in [-0.3, -0.25) is 10.1 Å². The molecule has 0 spiro atoms. The van der Waals surface area contributed by atoms with Crippen LogP contribution in [-0.2, 0) is 0 Å². The molecule has 0 amide bonds. The fourth-order valence-electron chi connectivity index (χ4n) is 1.81. The fourth-order valence-corrected chi connectivity index (χ4v) is 1.81. The third-order valence-corrected chi connectivity index (χ3v) is 2.94. The maximum atomic E-state index is 10.6. The average Bonchev–Trinajstić information content (AvgIpc) is 2.46. The summed E-state index contributed by atoms with van der Waals surface area (Å²) in [5.74, 6) is 0.764. The number of nitrogens with zero attached hydrogens (tertiary/aromatic N) is 1.